The Kier molecular flexibility index (Phi) is 3.94. The van der Waals surface area contributed by atoms with Crippen molar-refractivity contribution in [1.82, 2.24) is 0 Å². The molecule has 1 aliphatic carbocycles. The molecule has 0 spiro atoms. The zero-order valence-corrected chi connectivity index (χ0v) is 12.1. The molecule has 2 rings (SSSR count). The molecule has 1 fully saturated rings. The number of allylic oxidation sites excluding steroid dienone is 1. The van der Waals surface area contributed by atoms with Gasteiger partial charge in [0.2, 0.25) is 0 Å². The normalized spacial score (nSPS) is 25.2. The molecule has 1 saturated carbocycles. The van der Waals surface area contributed by atoms with E-state index in [2.05, 4.69) is 57.7 Å². The zero-order valence-electron chi connectivity index (χ0n) is 12.1. The van der Waals surface area contributed by atoms with Crippen LogP contribution in [0.2, 0.25) is 0 Å². The van der Waals surface area contributed by atoms with Crippen molar-refractivity contribution in [2.45, 2.75) is 46.5 Å². The predicted octanol–water partition coefficient (Wildman–Crippen LogP) is 5.25. The third-order valence-electron chi connectivity index (χ3n) is 4.51. The molecule has 1 aliphatic rings. The van der Waals surface area contributed by atoms with Crippen molar-refractivity contribution in [2.75, 3.05) is 0 Å². The number of benzene rings is 1. The summed E-state index contributed by atoms with van der Waals surface area (Å²) in [6, 6.07) is 10.9. The van der Waals surface area contributed by atoms with E-state index in [4.69, 9.17) is 0 Å². The molecule has 98 valence electrons. The van der Waals surface area contributed by atoms with Crippen LogP contribution in [0.3, 0.4) is 0 Å². The predicted molar refractivity (Wildman–Crippen MR) is 79.6 cm³/mol. The van der Waals surface area contributed by atoms with Gasteiger partial charge in [0.1, 0.15) is 0 Å². The number of hydrogen-bond acceptors (Lipinski definition) is 0. The van der Waals surface area contributed by atoms with Gasteiger partial charge in [-0.15, -0.1) is 0 Å². The van der Waals surface area contributed by atoms with Gasteiger partial charge >= 0.3 is 0 Å². The zero-order chi connectivity index (χ0) is 13.2. The second-order valence-electron chi connectivity index (χ2n) is 6.88. The summed E-state index contributed by atoms with van der Waals surface area (Å²) >= 11 is 0. The van der Waals surface area contributed by atoms with Crippen molar-refractivity contribution in [1.29, 1.82) is 0 Å². The molecule has 0 amide bonds. The van der Waals surface area contributed by atoms with E-state index in [1.165, 1.54) is 36.8 Å². The summed E-state index contributed by atoms with van der Waals surface area (Å²) in [6.45, 7) is 11.4. The molecule has 18 heavy (non-hydrogen) atoms. The van der Waals surface area contributed by atoms with E-state index < -0.39 is 0 Å². The summed E-state index contributed by atoms with van der Waals surface area (Å²) in [5.41, 5.74) is 3.37. The van der Waals surface area contributed by atoms with Crippen LogP contribution in [0.15, 0.2) is 42.5 Å². The maximum Gasteiger partial charge on any atom is -0.0163 e. The van der Waals surface area contributed by atoms with E-state index in [-0.39, 0.29) is 0 Å². The summed E-state index contributed by atoms with van der Waals surface area (Å²) in [6.07, 6.45) is 5.04. The van der Waals surface area contributed by atoms with Crippen molar-refractivity contribution in [2.24, 2.45) is 17.3 Å². The quantitative estimate of drug-likeness (QED) is 0.621. The van der Waals surface area contributed by atoms with E-state index in [1.54, 1.807) is 0 Å². The van der Waals surface area contributed by atoms with Gasteiger partial charge in [-0.3, -0.25) is 0 Å². The molecule has 0 radical (unpaired) electrons. The minimum absolute atomic E-state index is 0.440. The van der Waals surface area contributed by atoms with Crippen LogP contribution in [0.1, 0.15) is 45.6 Å². The maximum absolute atomic E-state index is 4.31. The Morgan fingerprint density at radius 2 is 1.83 bits per heavy atom. The molecule has 0 aromatic heterocycles. The summed E-state index contributed by atoms with van der Waals surface area (Å²) < 4.78 is 0. The van der Waals surface area contributed by atoms with Crippen molar-refractivity contribution in [3.05, 3.63) is 48.0 Å². The summed E-state index contributed by atoms with van der Waals surface area (Å²) in [5, 5.41) is 0. The second-order valence-corrected chi connectivity index (χ2v) is 6.88. The van der Waals surface area contributed by atoms with Gasteiger partial charge in [-0.25, -0.2) is 0 Å². The van der Waals surface area contributed by atoms with Crippen LogP contribution < -0.4 is 0 Å². The molecular weight excluding hydrogens is 216 g/mol. The van der Waals surface area contributed by atoms with Gasteiger partial charge in [-0.05, 0) is 48.5 Å². The van der Waals surface area contributed by atoms with Gasteiger partial charge in [0, 0.05) is 0 Å². The van der Waals surface area contributed by atoms with Crippen molar-refractivity contribution in [3.8, 4) is 0 Å². The summed E-state index contributed by atoms with van der Waals surface area (Å²) in [7, 11) is 0. The minimum atomic E-state index is 0.440. The standard InChI is InChI=1S/C18H26/c1-14-10-11-17(18(2,3)4)13-16(14)12-15-8-6-5-7-9-15/h5-9,16-17H,1,10-13H2,2-4H3. The Hall–Kier alpha value is -1.04. The first-order valence-electron chi connectivity index (χ1n) is 7.18. The largest absolute Gasteiger partial charge is 0.0996 e. The fourth-order valence-electron chi connectivity index (χ4n) is 3.10. The second kappa shape index (κ2) is 5.30. The smallest absolute Gasteiger partial charge is 0.0163 e. The molecule has 0 heteroatoms. The van der Waals surface area contributed by atoms with E-state index in [9.17, 15) is 0 Å². The van der Waals surface area contributed by atoms with E-state index >= 15 is 0 Å². The van der Waals surface area contributed by atoms with Crippen LogP contribution in [0, 0.1) is 17.3 Å². The van der Waals surface area contributed by atoms with Gasteiger partial charge in [0.05, 0.1) is 0 Å². The minimum Gasteiger partial charge on any atom is -0.0996 e. The molecule has 0 saturated heterocycles. The Labute approximate surface area is 112 Å². The first kappa shape index (κ1) is 13.4. The Bertz CT molecular complexity index is 394. The van der Waals surface area contributed by atoms with Crippen LogP contribution in [0.25, 0.3) is 0 Å². The first-order valence-corrected chi connectivity index (χ1v) is 7.18. The monoisotopic (exact) mass is 242 g/mol. The van der Waals surface area contributed by atoms with Crippen LogP contribution in [-0.2, 0) is 6.42 Å². The lowest BCUT2D eigenvalue weighted by molar-refractivity contribution is 0.169. The molecular formula is C18H26. The first-order chi connectivity index (χ1) is 8.47. The Balaban J connectivity index is 2.05. The SMILES string of the molecule is C=C1CCC(C(C)(C)C)CC1Cc1ccccc1. The molecule has 1 aromatic carbocycles. The lowest BCUT2D eigenvalue weighted by atomic mass is 9.67. The molecule has 0 nitrogen and oxygen atoms in total. The molecule has 2 atom stereocenters. The highest BCUT2D eigenvalue weighted by atomic mass is 14.4. The lowest BCUT2D eigenvalue weighted by Crippen LogP contribution is -2.28. The summed E-state index contributed by atoms with van der Waals surface area (Å²) in [4.78, 5) is 0. The Morgan fingerprint density at radius 3 is 2.44 bits per heavy atom. The summed E-state index contributed by atoms with van der Waals surface area (Å²) in [5.74, 6) is 1.53. The van der Waals surface area contributed by atoms with Gasteiger partial charge in [-0.2, -0.15) is 0 Å². The van der Waals surface area contributed by atoms with Gasteiger partial charge < -0.3 is 0 Å². The lowest BCUT2D eigenvalue weighted by Gasteiger charge is -2.39. The molecule has 0 N–H and O–H groups in total. The van der Waals surface area contributed by atoms with Gasteiger partial charge in [-0.1, -0.05) is 63.3 Å². The molecule has 0 aliphatic heterocycles. The van der Waals surface area contributed by atoms with Crippen molar-refractivity contribution in [3.63, 3.8) is 0 Å². The van der Waals surface area contributed by atoms with Crippen LogP contribution in [-0.4, -0.2) is 0 Å². The third kappa shape index (κ3) is 3.25. The average molecular weight is 242 g/mol. The highest BCUT2D eigenvalue weighted by Gasteiger charge is 2.32. The average Bonchev–Trinajstić information content (AvgIpc) is 2.32. The van der Waals surface area contributed by atoms with Gasteiger partial charge in [0.15, 0.2) is 0 Å². The fourth-order valence-corrected chi connectivity index (χ4v) is 3.10. The number of rotatable bonds is 2. The van der Waals surface area contributed by atoms with Crippen molar-refractivity contribution < 1.29 is 0 Å². The topological polar surface area (TPSA) is 0 Å². The van der Waals surface area contributed by atoms with E-state index in [1.807, 2.05) is 0 Å². The van der Waals surface area contributed by atoms with Crippen molar-refractivity contribution >= 4 is 0 Å². The molecule has 2 unspecified atom stereocenters. The number of hydrogen-bond donors (Lipinski definition) is 0. The highest BCUT2D eigenvalue weighted by molar-refractivity contribution is 5.19. The van der Waals surface area contributed by atoms with E-state index in [0.29, 0.717) is 11.3 Å². The Morgan fingerprint density at radius 1 is 1.17 bits per heavy atom. The maximum atomic E-state index is 4.31. The fraction of sp³-hybridized carbons (Fsp3) is 0.556. The van der Waals surface area contributed by atoms with E-state index in [0.717, 1.165) is 5.92 Å². The highest BCUT2D eigenvalue weighted by Crippen LogP contribution is 2.42. The van der Waals surface area contributed by atoms with Gasteiger partial charge in [0.25, 0.3) is 0 Å². The molecule has 0 bridgehead atoms. The molecule has 1 aromatic rings. The van der Waals surface area contributed by atoms with Crippen LogP contribution in [0.5, 0.6) is 0 Å². The molecule has 0 heterocycles. The third-order valence-corrected chi connectivity index (χ3v) is 4.51. The van der Waals surface area contributed by atoms with Crippen LogP contribution >= 0.6 is 0 Å². The van der Waals surface area contributed by atoms with Crippen LogP contribution in [0.4, 0.5) is 0 Å².